The highest BCUT2D eigenvalue weighted by Crippen LogP contribution is 2.37. The summed E-state index contributed by atoms with van der Waals surface area (Å²) in [5.74, 6) is -0.0929. The van der Waals surface area contributed by atoms with Gasteiger partial charge < -0.3 is 15.7 Å². The molecular weight excluding hydrogens is 318 g/mol. The molecule has 2 fully saturated rings. The standard InChI is InChI=1S/C19H35N3O3/c1-4-22(12-17(23)24)16-10-15(11-16)21-18(25)20-13-19(2,3)14-8-6-5-7-9-14/h14-16H,4-13H2,1-3H3,(H,23,24)(H2,20,21,25). The Labute approximate surface area is 151 Å². The summed E-state index contributed by atoms with van der Waals surface area (Å²) < 4.78 is 0. The van der Waals surface area contributed by atoms with Gasteiger partial charge in [-0.1, -0.05) is 40.0 Å². The van der Waals surface area contributed by atoms with E-state index in [4.69, 9.17) is 5.11 Å². The second-order valence-electron chi connectivity index (χ2n) is 8.43. The third-order valence-corrected chi connectivity index (χ3v) is 6.12. The van der Waals surface area contributed by atoms with E-state index in [1.165, 1.54) is 32.1 Å². The summed E-state index contributed by atoms with van der Waals surface area (Å²) in [5.41, 5.74) is 0.139. The third kappa shape index (κ3) is 5.87. The first-order valence-corrected chi connectivity index (χ1v) is 9.82. The summed E-state index contributed by atoms with van der Waals surface area (Å²) in [7, 11) is 0. The van der Waals surface area contributed by atoms with Gasteiger partial charge in [0.2, 0.25) is 0 Å². The highest BCUT2D eigenvalue weighted by atomic mass is 16.4. The molecule has 0 aliphatic heterocycles. The van der Waals surface area contributed by atoms with E-state index in [0.717, 1.165) is 19.4 Å². The minimum absolute atomic E-state index is 0.0790. The van der Waals surface area contributed by atoms with Crippen molar-refractivity contribution in [3.8, 4) is 0 Å². The van der Waals surface area contributed by atoms with Gasteiger partial charge in [0.05, 0.1) is 6.54 Å². The number of hydrogen-bond acceptors (Lipinski definition) is 3. The molecule has 144 valence electrons. The molecule has 3 N–H and O–H groups in total. The van der Waals surface area contributed by atoms with E-state index in [1.54, 1.807) is 0 Å². The maximum atomic E-state index is 12.2. The van der Waals surface area contributed by atoms with Gasteiger partial charge in [-0.15, -0.1) is 0 Å². The van der Waals surface area contributed by atoms with Crippen molar-refractivity contribution in [2.45, 2.75) is 77.8 Å². The van der Waals surface area contributed by atoms with Crippen LogP contribution in [-0.2, 0) is 4.79 Å². The highest BCUT2D eigenvalue weighted by molar-refractivity contribution is 5.74. The summed E-state index contributed by atoms with van der Waals surface area (Å²) in [6, 6.07) is 0.337. The van der Waals surface area contributed by atoms with E-state index in [1.807, 2.05) is 11.8 Å². The Bertz CT molecular complexity index is 455. The average molecular weight is 354 g/mol. The fraction of sp³-hybridized carbons (Fsp3) is 0.895. The van der Waals surface area contributed by atoms with Crippen LogP contribution in [-0.4, -0.2) is 53.7 Å². The summed E-state index contributed by atoms with van der Waals surface area (Å²) in [6.07, 6.45) is 8.19. The predicted molar refractivity (Wildman–Crippen MR) is 98.6 cm³/mol. The molecule has 0 heterocycles. The molecule has 2 aliphatic rings. The largest absolute Gasteiger partial charge is 0.480 e. The first kappa shape index (κ1) is 20.0. The molecule has 0 bridgehead atoms. The van der Waals surface area contributed by atoms with Crippen molar-refractivity contribution < 1.29 is 14.7 Å². The van der Waals surface area contributed by atoms with Crippen LogP contribution < -0.4 is 10.6 Å². The molecule has 2 amide bonds. The molecule has 0 aromatic carbocycles. The van der Waals surface area contributed by atoms with Crippen LogP contribution in [0.1, 0.15) is 65.7 Å². The van der Waals surface area contributed by atoms with Gasteiger partial charge in [0.15, 0.2) is 0 Å². The van der Waals surface area contributed by atoms with Gasteiger partial charge in [0, 0.05) is 18.6 Å². The van der Waals surface area contributed by atoms with E-state index in [9.17, 15) is 9.59 Å². The molecule has 25 heavy (non-hydrogen) atoms. The zero-order valence-corrected chi connectivity index (χ0v) is 16.0. The quantitative estimate of drug-likeness (QED) is 0.627. The zero-order valence-electron chi connectivity index (χ0n) is 16.0. The van der Waals surface area contributed by atoms with Gasteiger partial charge in [-0.25, -0.2) is 4.79 Å². The van der Waals surface area contributed by atoms with Crippen LogP contribution in [0.25, 0.3) is 0 Å². The number of urea groups is 1. The Morgan fingerprint density at radius 3 is 2.36 bits per heavy atom. The molecule has 0 aromatic rings. The molecule has 6 nitrogen and oxygen atoms in total. The SMILES string of the molecule is CCN(CC(=O)O)C1CC(NC(=O)NCC(C)(C)C2CCCCC2)C1. The van der Waals surface area contributed by atoms with Gasteiger partial charge in [-0.3, -0.25) is 9.69 Å². The maximum absolute atomic E-state index is 12.2. The molecule has 6 heteroatoms. The number of aliphatic carboxylic acids is 1. The van der Waals surface area contributed by atoms with Crippen molar-refractivity contribution >= 4 is 12.0 Å². The average Bonchev–Trinajstić information content (AvgIpc) is 2.55. The molecule has 2 saturated carbocycles. The van der Waals surface area contributed by atoms with Crippen LogP contribution in [0.3, 0.4) is 0 Å². The number of rotatable bonds is 8. The molecule has 0 saturated heterocycles. The number of carboxylic acid groups (broad SMARTS) is 1. The summed E-state index contributed by atoms with van der Waals surface area (Å²) in [6.45, 7) is 8.01. The first-order chi connectivity index (χ1) is 11.8. The smallest absolute Gasteiger partial charge is 0.317 e. The van der Waals surface area contributed by atoms with Crippen molar-refractivity contribution in [2.75, 3.05) is 19.6 Å². The lowest BCUT2D eigenvalue weighted by atomic mass is 9.71. The first-order valence-electron chi connectivity index (χ1n) is 9.82. The van der Waals surface area contributed by atoms with Gasteiger partial charge in [-0.05, 0) is 43.6 Å². The molecule has 0 atom stereocenters. The van der Waals surface area contributed by atoms with Crippen molar-refractivity contribution in [1.82, 2.24) is 15.5 Å². The van der Waals surface area contributed by atoms with Crippen LogP contribution in [0.5, 0.6) is 0 Å². The van der Waals surface area contributed by atoms with Crippen molar-refractivity contribution in [2.24, 2.45) is 11.3 Å². The van der Waals surface area contributed by atoms with Gasteiger partial charge in [-0.2, -0.15) is 0 Å². The zero-order chi connectivity index (χ0) is 18.4. The van der Waals surface area contributed by atoms with Crippen LogP contribution in [0.15, 0.2) is 0 Å². The number of likely N-dealkylation sites (N-methyl/N-ethyl adjacent to an activating group) is 1. The Morgan fingerprint density at radius 1 is 1.16 bits per heavy atom. The van der Waals surface area contributed by atoms with Crippen LogP contribution in [0.4, 0.5) is 4.79 Å². The van der Waals surface area contributed by atoms with E-state index in [0.29, 0.717) is 12.5 Å². The normalized spacial score (nSPS) is 24.6. The number of hydrogen-bond donors (Lipinski definition) is 3. The number of carboxylic acids is 1. The van der Waals surface area contributed by atoms with E-state index < -0.39 is 5.97 Å². The number of carbonyl (C=O) groups excluding carboxylic acids is 1. The Balaban J connectivity index is 1.67. The van der Waals surface area contributed by atoms with E-state index in [2.05, 4.69) is 24.5 Å². The van der Waals surface area contributed by atoms with E-state index in [-0.39, 0.29) is 30.1 Å². The van der Waals surface area contributed by atoms with E-state index >= 15 is 0 Å². The maximum Gasteiger partial charge on any atom is 0.317 e. The van der Waals surface area contributed by atoms with Crippen molar-refractivity contribution in [3.05, 3.63) is 0 Å². The van der Waals surface area contributed by atoms with Crippen LogP contribution >= 0.6 is 0 Å². The topological polar surface area (TPSA) is 81.7 Å². The van der Waals surface area contributed by atoms with Gasteiger partial charge in [0.1, 0.15) is 0 Å². The Hall–Kier alpha value is -1.30. The monoisotopic (exact) mass is 353 g/mol. The predicted octanol–water partition coefficient (Wildman–Crippen LogP) is 2.83. The summed E-state index contributed by atoms with van der Waals surface area (Å²) in [4.78, 5) is 25.0. The lowest BCUT2D eigenvalue weighted by Gasteiger charge is -2.42. The number of carbonyl (C=O) groups is 2. The number of nitrogens with zero attached hydrogens (tertiary/aromatic N) is 1. The molecule has 2 aliphatic carbocycles. The fourth-order valence-electron chi connectivity index (χ4n) is 4.25. The minimum atomic E-state index is -0.791. The van der Waals surface area contributed by atoms with Gasteiger partial charge >= 0.3 is 12.0 Å². The third-order valence-electron chi connectivity index (χ3n) is 6.12. The second-order valence-corrected chi connectivity index (χ2v) is 8.43. The molecule has 0 unspecified atom stereocenters. The molecule has 0 aromatic heterocycles. The lowest BCUT2D eigenvalue weighted by Crippen LogP contribution is -2.57. The number of nitrogens with one attached hydrogen (secondary N) is 2. The summed E-state index contributed by atoms with van der Waals surface area (Å²) in [5, 5.41) is 15.0. The Morgan fingerprint density at radius 2 is 1.80 bits per heavy atom. The highest BCUT2D eigenvalue weighted by Gasteiger charge is 2.35. The molecule has 0 spiro atoms. The lowest BCUT2D eigenvalue weighted by molar-refractivity contribution is -0.139. The van der Waals surface area contributed by atoms with Crippen LogP contribution in [0, 0.1) is 11.3 Å². The number of amides is 2. The minimum Gasteiger partial charge on any atom is -0.480 e. The molecule has 2 rings (SSSR count). The van der Waals surface area contributed by atoms with Crippen LogP contribution in [0.2, 0.25) is 0 Å². The second kappa shape index (κ2) is 8.88. The van der Waals surface area contributed by atoms with Crippen molar-refractivity contribution in [3.63, 3.8) is 0 Å². The molecular formula is C19H35N3O3. The van der Waals surface area contributed by atoms with Crippen molar-refractivity contribution in [1.29, 1.82) is 0 Å². The Kier molecular flexibility index (Phi) is 7.11. The molecule has 0 radical (unpaired) electrons. The summed E-state index contributed by atoms with van der Waals surface area (Å²) >= 11 is 0. The van der Waals surface area contributed by atoms with Gasteiger partial charge in [0.25, 0.3) is 0 Å². The fourth-order valence-corrected chi connectivity index (χ4v) is 4.25.